The molecule has 0 nitrogen and oxygen atoms in total. The molecule has 1 unspecified atom stereocenters. The van der Waals surface area contributed by atoms with Crippen LogP contribution in [0.15, 0.2) is 15.9 Å². The molecular formula is C10H14Br2S. The van der Waals surface area contributed by atoms with Gasteiger partial charge in [0.1, 0.15) is 0 Å². The molecular weight excluding hydrogens is 312 g/mol. The number of hydrogen-bond donors (Lipinski definition) is 0. The van der Waals surface area contributed by atoms with Gasteiger partial charge in [-0.05, 0) is 53.1 Å². The zero-order chi connectivity index (χ0) is 9.68. The minimum Gasteiger partial charge on any atom is -0.148 e. The molecule has 0 bridgehead atoms. The summed E-state index contributed by atoms with van der Waals surface area (Å²) in [6, 6.07) is 2.13. The molecule has 0 radical (unpaired) electrons. The van der Waals surface area contributed by atoms with Crippen LogP contribution < -0.4 is 0 Å². The van der Waals surface area contributed by atoms with Crippen LogP contribution in [0.2, 0.25) is 0 Å². The summed E-state index contributed by atoms with van der Waals surface area (Å²) in [7, 11) is 0. The van der Waals surface area contributed by atoms with E-state index >= 15 is 0 Å². The lowest BCUT2D eigenvalue weighted by Gasteiger charge is -2.05. The number of hydrogen-bond acceptors (Lipinski definition) is 1. The number of aryl methyl sites for hydroxylation is 1. The van der Waals surface area contributed by atoms with Crippen molar-refractivity contribution in [3.63, 3.8) is 0 Å². The van der Waals surface area contributed by atoms with Gasteiger partial charge in [0.05, 0.1) is 0 Å². The second-order valence-electron chi connectivity index (χ2n) is 3.09. The maximum atomic E-state index is 3.65. The van der Waals surface area contributed by atoms with Gasteiger partial charge in [0.15, 0.2) is 0 Å². The molecule has 0 aromatic carbocycles. The Morgan fingerprint density at radius 3 is 2.85 bits per heavy atom. The topological polar surface area (TPSA) is 0 Å². The van der Waals surface area contributed by atoms with Crippen LogP contribution in [-0.2, 0) is 6.42 Å². The molecule has 1 aromatic rings. The van der Waals surface area contributed by atoms with Gasteiger partial charge in [-0.1, -0.05) is 22.9 Å². The summed E-state index contributed by atoms with van der Waals surface area (Å²) in [4.78, 5) is 2.18. The third-order valence-electron chi connectivity index (χ3n) is 2.06. The van der Waals surface area contributed by atoms with Gasteiger partial charge < -0.3 is 0 Å². The Morgan fingerprint density at radius 1 is 1.54 bits per heavy atom. The molecule has 74 valence electrons. The second kappa shape index (κ2) is 6.20. The predicted octanol–water partition coefficient (Wildman–Crippen LogP) is 5.01. The third-order valence-corrected chi connectivity index (χ3v) is 5.15. The maximum Gasteiger partial charge on any atom is 0.0314 e. The van der Waals surface area contributed by atoms with Crippen LogP contribution >= 0.6 is 43.2 Å². The fraction of sp³-hybridized carbons (Fsp3) is 0.600. The summed E-state index contributed by atoms with van der Waals surface area (Å²) in [5.41, 5.74) is 0. The van der Waals surface area contributed by atoms with Crippen LogP contribution in [0, 0.1) is 0 Å². The number of thiophene rings is 1. The summed E-state index contributed by atoms with van der Waals surface area (Å²) < 4.78 is 1.28. The average Bonchev–Trinajstić information content (AvgIpc) is 2.52. The van der Waals surface area contributed by atoms with Gasteiger partial charge in [-0.25, -0.2) is 0 Å². The van der Waals surface area contributed by atoms with E-state index in [0.29, 0.717) is 4.83 Å². The summed E-state index contributed by atoms with van der Waals surface area (Å²) >= 11 is 9.05. The Bertz CT molecular complexity index is 245. The van der Waals surface area contributed by atoms with E-state index in [2.05, 4.69) is 50.2 Å². The molecule has 3 heteroatoms. The molecule has 1 rings (SSSR count). The number of rotatable bonds is 5. The molecule has 0 saturated carbocycles. The minimum atomic E-state index is 0.700. The highest BCUT2D eigenvalue weighted by Crippen LogP contribution is 2.25. The summed E-state index contributed by atoms with van der Waals surface area (Å²) in [5.74, 6) is 0. The fourth-order valence-electron chi connectivity index (χ4n) is 1.19. The summed E-state index contributed by atoms with van der Waals surface area (Å²) in [5, 5.41) is 2.14. The van der Waals surface area contributed by atoms with Crippen molar-refractivity contribution < 1.29 is 0 Å². The zero-order valence-electron chi connectivity index (χ0n) is 7.72. The molecule has 0 N–H and O–H groups in total. The van der Waals surface area contributed by atoms with Crippen LogP contribution in [0.1, 0.15) is 31.1 Å². The van der Waals surface area contributed by atoms with E-state index in [4.69, 9.17) is 0 Å². The van der Waals surface area contributed by atoms with E-state index in [1.807, 2.05) is 11.3 Å². The van der Waals surface area contributed by atoms with Crippen molar-refractivity contribution in [2.75, 3.05) is 0 Å². The standard InChI is InChI=1S/C10H14Br2S/c1-2-8(11)4-3-5-10-9(12)6-7-13-10/h6-8H,2-5H2,1H3. The van der Waals surface area contributed by atoms with Gasteiger partial charge in [-0.3, -0.25) is 0 Å². The maximum absolute atomic E-state index is 3.65. The summed E-state index contributed by atoms with van der Waals surface area (Å²) in [6.07, 6.45) is 5.00. The molecule has 0 saturated heterocycles. The molecule has 13 heavy (non-hydrogen) atoms. The van der Waals surface area contributed by atoms with E-state index < -0.39 is 0 Å². The molecule has 1 aromatic heterocycles. The second-order valence-corrected chi connectivity index (χ2v) is 6.24. The first kappa shape index (κ1) is 11.7. The SMILES string of the molecule is CCC(Br)CCCc1sccc1Br. The van der Waals surface area contributed by atoms with Crippen molar-refractivity contribution in [3.05, 3.63) is 20.8 Å². The quantitative estimate of drug-likeness (QED) is 0.668. The Balaban J connectivity index is 2.24. The highest BCUT2D eigenvalue weighted by Gasteiger charge is 2.03. The molecule has 0 aliphatic heterocycles. The molecule has 0 aliphatic rings. The zero-order valence-corrected chi connectivity index (χ0v) is 11.7. The molecule has 0 amide bonds. The van der Waals surface area contributed by atoms with Crippen molar-refractivity contribution in [2.24, 2.45) is 0 Å². The van der Waals surface area contributed by atoms with Crippen LogP contribution in [0.5, 0.6) is 0 Å². The fourth-order valence-corrected chi connectivity index (χ4v) is 3.11. The monoisotopic (exact) mass is 324 g/mol. The lowest BCUT2D eigenvalue weighted by atomic mass is 10.1. The first-order chi connectivity index (χ1) is 6.24. The first-order valence-electron chi connectivity index (χ1n) is 4.60. The van der Waals surface area contributed by atoms with E-state index in [-0.39, 0.29) is 0 Å². The number of halogens is 2. The van der Waals surface area contributed by atoms with E-state index in [0.717, 1.165) is 0 Å². The Morgan fingerprint density at radius 2 is 2.31 bits per heavy atom. The van der Waals surface area contributed by atoms with Gasteiger partial charge in [0, 0.05) is 14.2 Å². The van der Waals surface area contributed by atoms with Crippen LogP contribution in [-0.4, -0.2) is 4.83 Å². The third kappa shape index (κ3) is 4.13. The summed E-state index contributed by atoms with van der Waals surface area (Å²) in [6.45, 7) is 2.22. The lowest BCUT2D eigenvalue weighted by molar-refractivity contribution is 0.693. The molecule has 0 spiro atoms. The molecule has 1 atom stereocenters. The van der Waals surface area contributed by atoms with Crippen molar-refractivity contribution in [1.82, 2.24) is 0 Å². The normalized spacial score (nSPS) is 13.2. The van der Waals surface area contributed by atoms with Gasteiger partial charge in [0.25, 0.3) is 0 Å². The van der Waals surface area contributed by atoms with Crippen LogP contribution in [0.25, 0.3) is 0 Å². The average molecular weight is 326 g/mol. The van der Waals surface area contributed by atoms with E-state index in [9.17, 15) is 0 Å². The molecule has 0 aliphatic carbocycles. The Hall–Kier alpha value is 0.660. The number of alkyl halides is 1. The van der Waals surface area contributed by atoms with Crippen LogP contribution in [0.4, 0.5) is 0 Å². The van der Waals surface area contributed by atoms with Crippen LogP contribution in [0.3, 0.4) is 0 Å². The van der Waals surface area contributed by atoms with Gasteiger partial charge in [-0.2, -0.15) is 0 Å². The minimum absolute atomic E-state index is 0.700. The molecule has 1 heterocycles. The highest BCUT2D eigenvalue weighted by atomic mass is 79.9. The van der Waals surface area contributed by atoms with Crippen molar-refractivity contribution in [1.29, 1.82) is 0 Å². The van der Waals surface area contributed by atoms with E-state index in [1.54, 1.807) is 0 Å². The Labute approximate surface area is 101 Å². The lowest BCUT2D eigenvalue weighted by Crippen LogP contribution is -1.95. The van der Waals surface area contributed by atoms with Gasteiger partial charge in [-0.15, -0.1) is 11.3 Å². The van der Waals surface area contributed by atoms with Crippen molar-refractivity contribution >= 4 is 43.2 Å². The first-order valence-corrected chi connectivity index (χ1v) is 7.18. The Kier molecular flexibility index (Phi) is 5.60. The largest absolute Gasteiger partial charge is 0.148 e. The smallest absolute Gasteiger partial charge is 0.0314 e. The van der Waals surface area contributed by atoms with E-state index in [1.165, 1.54) is 35.0 Å². The predicted molar refractivity (Wildman–Crippen MR) is 68.0 cm³/mol. The molecule has 0 fully saturated rings. The van der Waals surface area contributed by atoms with Gasteiger partial charge >= 0.3 is 0 Å². The van der Waals surface area contributed by atoms with Gasteiger partial charge in [0.2, 0.25) is 0 Å². The highest BCUT2D eigenvalue weighted by molar-refractivity contribution is 9.10. The van der Waals surface area contributed by atoms with Crippen molar-refractivity contribution in [2.45, 2.75) is 37.4 Å². The van der Waals surface area contributed by atoms with Crippen molar-refractivity contribution in [3.8, 4) is 0 Å².